The largest absolute Gasteiger partial charge is 0.490 e. The molecule has 0 saturated carbocycles. The smallest absolute Gasteiger partial charge is 0.475 e. The number of ether oxygens (including phenoxy) is 1. The monoisotopic (exact) mass is 692 g/mol. The number of fused-ring (bicyclic) bond motifs is 4. The van der Waals surface area contributed by atoms with Crippen LogP contribution in [-0.2, 0) is 14.3 Å². The van der Waals surface area contributed by atoms with Crippen molar-refractivity contribution in [1.29, 1.82) is 0 Å². The molecule has 4 aromatic rings. The summed E-state index contributed by atoms with van der Waals surface area (Å²) in [6.07, 6.45) is -2.66. The van der Waals surface area contributed by atoms with Crippen molar-refractivity contribution in [2.24, 2.45) is 5.92 Å². The lowest BCUT2D eigenvalue weighted by Gasteiger charge is -2.20. The maximum Gasteiger partial charge on any atom is 0.490 e. The van der Waals surface area contributed by atoms with E-state index >= 15 is 0 Å². The Bertz CT molecular complexity index is 1910. The topological polar surface area (TPSA) is 168 Å². The number of anilines is 2. The van der Waals surface area contributed by atoms with E-state index in [1.165, 1.54) is 36.2 Å². The molecule has 2 aromatic heterocycles. The van der Waals surface area contributed by atoms with Gasteiger partial charge < -0.3 is 20.1 Å². The van der Waals surface area contributed by atoms with Crippen molar-refractivity contribution in [3.63, 3.8) is 0 Å². The molecular weight excluding hydrogens is 664 g/mol. The number of carboxylic acids is 1. The molecule has 5 rings (SSSR count). The number of methoxy groups -OCH3 is 1. The number of alkyl halides is 3. The van der Waals surface area contributed by atoms with Crippen LogP contribution in [0.3, 0.4) is 0 Å². The van der Waals surface area contributed by atoms with Crippen LogP contribution in [0.1, 0.15) is 43.7 Å². The van der Waals surface area contributed by atoms with Gasteiger partial charge in [-0.3, -0.25) is 19.5 Å². The minimum Gasteiger partial charge on any atom is -0.475 e. The second-order valence-electron chi connectivity index (χ2n) is 10.7. The summed E-state index contributed by atoms with van der Waals surface area (Å²) in [6, 6.07) is 10.4. The average molecular weight is 693 g/mol. The summed E-state index contributed by atoms with van der Waals surface area (Å²) in [5, 5.41) is 12.7. The van der Waals surface area contributed by atoms with E-state index in [1.807, 2.05) is 13.8 Å². The van der Waals surface area contributed by atoms with Crippen LogP contribution in [0.2, 0.25) is 5.02 Å². The summed E-state index contributed by atoms with van der Waals surface area (Å²) < 4.78 is 52.5. The minimum absolute atomic E-state index is 0.0574. The number of hydrogen-bond acceptors (Lipinski definition) is 7. The number of nitrogens with zero attached hydrogens (tertiary/aromatic N) is 3. The maximum atomic E-state index is 14.6. The number of aryl methyl sites for hydroxylation is 1. The SMILES string of the molecule is COC(=O)Nc1ccc2c(c1)NC(=O)[C@H](C)CCC[C@H](n1cnc(-c3cccc(Cl)c3F)cc1=O)c1nc-2c(C)[nH]1.O=C(O)C(F)(F)F. The van der Waals surface area contributed by atoms with Crippen molar-refractivity contribution in [3.05, 3.63) is 81.5 Å². The summed E-state index contributed by atoms with van der Waals surface area (Å²) in [5.41, 5.74) is 2.78. The Hall–Kier alpha value is -5.25. The van der Waals surface area contributed by atoms with Gasteiger partial charge in [-0.25, -0.2) is 23.9 Å². The van der Waals surface area contributed by atoms with E-state index in [2.05, 4.69) is 25.3 Å². The summed E-state index contributed by atoms with van der Waals surface area (Å²) in [7, 11) is 1.27. The highest BCUT2D eigenvalue weighted by Crippen LogP contribution is 2.35. The van der Waals surface area contributed by atoms with Crippen LogP contribution < -0.4 is 16.2 Å². The molecule has 0 aliphatic carbocycles. The van der Waals surface area contributed by atoms with E-state index in [9.17, 15) is 31.9 Å². The lowest BCUT2D eigenvalue weighted by Crippen LogP contribution is -2.27. The number of nitrogens with one attached hydrogen (secondary N) is 3. The number of carbonyl (C=O) groups excluding carboxylic acids is 2. The molecule has 12 nitrogen and oxygen atoms in total. The zero-order valence-corrected chi connectivity index (χ0v) is 26.4. The Labute approximate surface area is 275 Å². The van der Waals surface area contributed by atoms with Crippen molar-refractivity contribution >= 4 is 40.9 Å². The number of H-pyrrole nitrogens is 1. The Morgan fingerprint density at radius 3 is 2.48 bits per heavy atom. The highest BCUT2D eigenvalue weighted by atomic mass is 35.5. The Balaban J connectivity index is 0.000000671. The van der Waals surface area contributed by atoms with Gasteiger partial charge in [0.25, 0.3) is 5.56 Å². The molecule has 2 atom stereocenters. The molecule has 1 aliphatic rings. The maximum absolute atomic E-state index is 14.6. The van der Waals surface area contributed by atoms with Gasteiger partial charge in [-0.1, -0.05) is 31.0 Å². The van der Waals surface area contributed by atoms with Crippen molar-refractivity contribution < 1.29 is 41.8 Å². The molecule has 48 heavy (non-hydrogen) atoms. The van der Waals surface area contributed by atoms with Gasteiger partial charge in [-0.15, -0.1) is 0 Å². The van der Waals surface area contributed by atoms with Gasteiger partial charge in [0.1, 0.15) is 5.82 Å². The predicted octanol–water partition coefficient (Wildman–Crippen LogP) is 6.56. The van der Waals surface area contributed by atoms with Gasteiger partial charge >= 0.3 is 18.2 Å². The Kier molecular flexibility index (Phi) is 10.9. The standard InChI is InChI=1S/C29H28ClFN6O4.C2HF3O2/c1-15-6-4-9-23(37-14-32-21(13-24(37)38)18-7-5-8-20(30)25(18)31)27-33-16(2)26(36-27)19-11-10-17(34-29(40)41-3)12-22(19)35-28(15)39;3-2(4,5)1(6)7/h5,7-8,10-15,23H,4,6,9H2,1-3H3,(H,33,36)(H,34,40)(H,35,39);(H,6,7)/t15-,23+;/m1./s1. The molecule has 4 N–H and O–H groups in total. The number of amides is 2. The second kappa shape index (κ2) is 14.7. The van der Waals surface area contributed by atoms with Gasteiger partial charge in [0.15, 0.2) is 5.82 Å². The first-order valence-corrected chi connectivity index (χ1v) is 14.7. The van der Waals surface area contributed by atoms with Crippen LogP contribution in [0.15, 0.2) is 53.6 Å². The van der Waals surface area contributed by atoms with Crippen LogP contribution in [0.5, 0.6) is 0 Å². The lowest BCUT2D eigenvalue weighted by atomic mass is 9.99. The van der Waals surface area contributed by atoms with Crippen LogP contribution in [0, 0.1) is 18.7 Å². The summed E-state index contributed by atoms with van der Waals surface area (Å²) in [6.45, 7) is 3.69. The molecule has 2 aromatic carbocycles. The van der Waals surface area contributed by atoms with E-state index in [4.69, 9.17) is 26.5 Å². The van der Waals surface area contributed by atoms with Crippen molar-refractivity contribution in [2.75, 3.05) is 17.7 Å². The molecule has 0 saturated heterocycles. The second-order valence-corrected chi connectivity index (χ2v) is 11.1. The molecule has 1 aliphatic heterocycles. The number of benzene rings is 2. The molecule has 2 bridgehead atoms. The fourth-order valence-corrected chi connectivity index (χ4v) is 5.08. The van der Waals surface area contributed by atoms with E-state index in [1.54, 1.807) is 24.3 Å². The predicted molar refractivity (Wildman–Crippen MR) is 167 cm³/mol. The van der Waals surface area contributed by atoms with E-state index in [-0.39, 0.29) is 33.7 Å². The van der Waals surface area contributed by atoms with Crippen LogP contribution in [-0.4, -0.2) is 55.9 Å². The average Bonchev–Trinajstić information content (AvgIpc) is 3.41. The first-order valence-electron chi connectivity index (χ1n) is 14.3. The highest BCUT2D eigenvalue weighted by Gasteiger charge is 2.38. The number of aliphatic carboxylic acids is 1. The molecule has 2 amide bonds. The van der Waals surface area contributed by atoms with Gasteiger partial charge in [0, 0.05) is 34.5 Å². The van der Waals surface area contributed by atoms with Gasteiger partial charge in [0.2, 0.25) is 5.91 Å². The first-order chi connectivity index (χ1) is 22.6. The number of hydrogen-bond donors (Lipinski definition) is 4. The normalized spacial score (nSPS) is 16.2. The van der Waals surface area contributed by atoms with Gasteiger partial charge in [-0.05, 0) is 50.1 Å². The molecule has 0 spiro atoms. The molecule has 0 radical (unpaired) electrons. The number of halogens is 5. The number of imidazole rings is 1. The van der Waals surface area contributed by atoms with E-state index < -0.39 is 30.1 Å². The minimum atomic E-state index is -5.08. The zero-order chi connectivity index (χ0) is 35.3. The lowest BCUT2D eigenvalue weighted by molar-refractivity contribution is -0.192. The van der Waals surface area contributed by atoms with Gasteiger partial charge in [-0.2, -0.15) is 13.2 Å². The van der Waals surface area contributed by atoms with E-state index in [0.29, 0.717) is 47.7 Å². The summed E-state index contributed by atoms with van der Waals surface area (Å²) in [4.78, 5) is 59.7. The van der Waals surface area contributed by atoms with Crippen LogP contribution >= 0.6 is 11.6 Å². The Morgan fingerprint density at radius 1 is 1.12 bits per heavy atom. The molecule has 3 heterocycles. The third kappa shape index (κ3) is 8.17. The zero-order valence-electron chi connectivity index (χ0n) is 25.6. The highest BCUT2D eigenvalue weighted by molar-refractivity contribution is 6.31. The number of aromatic nitrogens is 4. The Morgan fingerprint density at radius 2 is 1.83 bits per heavy atom. The third-order valence-electron chi connectivity index (χ3n) is 7.39. The van der Waals surface area contributed by atoms with Crippen molar-refractivity contribution in [2.45, 2.75) is 45.3 Å². The van der Waals surface area contributed by atoms with Gasteiger partial charge in [0.05, 0.1) is 41.6 Å². The van der Waals surface area contributed by atoms with Crippen LogP contribution in [0.25, 0.3) is 22.5 Å². The molecule has 0 fully saturated rings. The fraction of sp³-hybridized carbons (Fsp3) is 0.290. The van der Waals surface area contributed by atoms with E-state index in [0.717, 1.165) is 5.69 Å². The van der Waals surface area contributed by atoms with Crippen molar-refractivity contribution in [1.82, 2.24) is 19.5 Å². The quantitative estimate of drug-likeness (QED) is 0.175. The molecule has 0 unspecified atom stereocenters. The number of aromatic amines is 1. The number of rotatable bonds is 3. The number of carbonyl (C=O) groups is 3. The summed E-state index contributed by atoms with van der Waals surface area (Å²) >= 11 is 5.93. The summed E-state index contributed by atoms with van der Waals surface area (Å²) in [5.74, 6) is -3.37. The molecule has 17 heteroatoms. The first kappa shape index (κ1) is 35.6. The fourth-order valence-electron chi connectivity index (χ4n) is 4.91. The molecular formula is C31H29ClF4N6O6. The van der Waals surface area contributed by atoms with Crippen molar-refractivity contribution in [3.8, 4) is 22.5 Å². The van der Waals surface area contributed by atoms with Crippen LogP contribution in [0.4, 0.5) is 33.7 Å². The number of carboxylic acid groups (broad SMARTS) is 1. The molecule has 254 valence electrons. The third-order valence-corrected chi connectivity index (χ3v) is 7.68.